The number of hydrogen-bond acceptors (Lipinski definition) is 7. The molecule has 1 N–H and O–H groups in total. The molecule has 0 unspecified atom stereocenters. The molecule has 0 bridgehead atoms. The minimum absolute atomic E-state index is 0.168. The van der Waals surface area contributed by atoms with E-state index in [4.69, 9.17) is 14.2 Å². The van der Waals surface area contributed by atoms with E-state index in [1.54, 1.807) is 24.5 Å². The maximum absolute atomic E-state index is 11.5. The average molecular weight is 407 g/mol. The molecule has 0 saturated carbocycles. The van der Waals surface area contributed by atoms with Crippen LogP contribution in [0.25, 0.3) is 10.8 Å². The summed E-state index contributed by atoms with van der Waals surface area (Å²) in [7, 11) is 0. The summed E-state index contributed by atoms with van der Waals surface area (Å²) in [6.07, 6.45) is 4.59. The first-order valence-electron chi connectivity index (χ1n) is 9.85. The molecule has 8 nitrogen and oxygen atoms in total. The van der Waals surface area contributed by atoms with Crippen LogP contribution in [0.3, 0.4) is 0 Å². The summed E-state index contributed by atoms with van der Waals surface area (Å²) in [4.78, 5) is 21.8. The Balaban J connectivity index is 1.27. The van der Waals surface area contributed by atoms with Gasteiger partial charge in [0.15, 0.2) is 0 Å². The van der Waals surface area contributed by atoms with Crippen LogP contribution in [0, 0.1) is 0 Å². The number of carboxylic acid groups (broad SMARTS) is 1. The van der Waals surface area contributed by atoms with Gasteiger partial charge in [0.05, 0.1) is 13.2 Å². The van der Waals surface area contributed by atoms with Gasteiger partial charge in [-0.15, -0.1) is 0 Å². The molecule has 0 aliphatic carbocycles. The number of nitrogens with zero attached hydrogens (tertiary/aromatic N) is 3. The number of carbonyl (C=O) groups is 1. The molecular formula is C22H21N3O5. The van der Waals surface area contributed by atoms with E-state index in [9.17, 15) is 9.90 Å². The third-order valence-corrected chi connectivity index (χ3v) is 5.46. The number of aromatic nitrogens is 2. The number of fused-ring (bicyclic) bond motifs is 2. The van der Waals surface area contributed by atoms with E-state index in [1.165, 1.54) is 0 Å². The monoisotopic (exact) mass is 407 g/mol. The molecule has 2 fully saturated rings. The molecule has 2 aliphatic heterocycles. The third kappa shape index (κ3) is 3.55. The zero-order valence-electron chi connectivity index (χ0n) is 16.2. The zero-order chi connectivity index (χ0) is 20.5. The molecule has 2 saturated heterocycles. The molecule has 2 aliphatic rings. The van der Waals surface area contributed by atoms with Crippen LogP contribution < -0.4 is 9.64 Å². The Morgan fingerprint density at radius 3 is 2.63 bits per heavy atom. The summed E-state index contributed by atoms with van der Waals surface area (Å²) in [5.41, 5.74) is 0.181. The van der Waals surface area contributed by atoms with Crippen molar-refractivity contribution in [2.24, 2.45) is 0 Å². The van der Waals surface area contributed by atoms with Crippen molar-refractivity contribution in [2.45, 2.75) is 18.3 Å². The maximum atomic E-state index is 11.5. The molecule has 0 amide bonds. The predicted octanol–water partition coefficient (Wildman–Crippen LogP) is 2.38. The van der Waals surface area contributed by atoms with E-state index in [0.717, 1.165) is 16.5 Å². The van der Waals surface area contributed by atoms with Crippen molar-refractivity contribution in [3.63, 3.8) is 0 Å². The Morgan fingerprint density at radius 1 is 1.07 bits per heavy atom. The Bertz CT molecular complexity index is 1050. The first kappa shape index (κ1) is 18.8. The number of carboxylic acids is 1. The van der Waals surface area contributed by atoms with Crippen molar-refractivity contribution in [3.8, 4) is 5.75 Å². The summed E-state index contributed by atoms with van der Waals surface area (Å²) >= 11 is 0. The van der Waals surface area contributed by atoms with E-state index < -0.39 is 5.97 Å². The molecule has 2 aromatic heterocycles. The van der Waals surface area contributed by atoms with Crippen LogP contribution in [0.5, 0.6) is 5.75 Å². The van der Waals surface area contributed by atoms with Gasteiger partial charge in [0, 0.05) is 42.5 Å². The largest absolute Gasteiger partial charge is 0.485 e. The molecule has 3 aromatic rings. The fourth-order valence-corrected chi connectivity index (χ4v) is 4.01. The van der Waals surface area contributed by atoms with Gasteiger partial charge in [0.1, 0.15) is 35.4 Å². The normalized spacial score (nSPS) is 21.9. The van der Waals surface area contributed by atoms with Gasteiger partial charge in [-0.2, -0.15) is 0 Å². The molecule has 2 atom stereocenters. The summed E-state index contributed by atoms with van der Waals surface area (Å²) < 4.78 is 18.4. The Hall–Kier alpha value is -3.23. The van der Waals surface area contributed by atoms with E-state index in [-0.39, 0.29) is 23.9 Å². The van der Waals surface area contributed by atoms with Crippen molar-refractivity contribution in [3.05, 3.63) is 60.6 Å². The summed E-state index contributed by atoms with van der Waals surface area (Å²) in [5, 5.41) is 11.4. The summed E-state index contributed by atoms with van der Waals surface area (Å²) in [6, 6.07) is 11.0. The number of benzene rings is 1. The van der Waals surface area contributed by atoms with Crippen molar-refractivity contribution < 1.29 is 24.1 Å². The van der Waals surface area contributed by atoms with Crippen LogP contribution in [0.1, 0.15) is 10.4 Å². The van der Waals surface area contributed by atoms with Gasteiger partial charge in [0.25, 0.3) is 0 Å². The molecule has 0 spiro atoms. The summed E-state index contributed by atoms with van der Waals surface area (Å²) in [6.45, 7) is 1.83. The standard InChI is InChI=1S/C22H21N3O5/c26-22(27)17-4-2-7-24-21(17)25-10-19-20(11-25)29-13-15(12-28-19)30-18-5-1-3-14-9-23-8-6-16(14)18/h1-9,15,19-20H,10-13H2,(H,26,27)/t19-,20-/m0/s1. The third-order valence-electron chi connectivity index (χ3n) is 5.46. The molecule has 1 aromatic carbocycles. The zero-order valence-corrected chi connectivity index (χ0v) is 16.2. The highest BCUT2D eigenvalue weighted by Crippen LogP contribution is 2.29. The van der Waals surface area contributed by atoms with Gasteiger partial charge < -0.3 is 24.2 Å². The van der Waals surface area contributed by atoms with Crippen molar-refractivity contribution in [1.82, 2.24) is 9.97 Å². The number of pyridine rings is 2. The lowest BCUT2D eigenvalue weighted by Crippen LogP contribution is -2.30. The molecule has 30 heavy (non-hydrogen) atoms. The average Bonchev–Trinajstić information content (AvgIpc) is 3.09. The van der Waals surface area contributed by atoms with Gasteiger partial charge >= 0.3 is 5.97 Å². The highest BCUT2D eigenvalue weighted by Gasteiger charge is 2.39. The number of rotatable bonds is 4. The second-order valence-corrected chi connectivity index (χ2v) is 7.42. The SMILES string of the molecule is O=C(O)c1cccnc1N1C[C@@H]2OCC(Oc3cccc4cnccc34)CO[C@H]2C1. The van der Waals surface area contributed by atoms with Crippen molar-refractivity contribution in [1.29, 1.82) is 0 Å². The maximum Gasteiger partial charge on any atom is 0.339 e. The van der Waals surface area contributed by atoms with Gasteiger partial charge in [-0.05, 0) is 24.3 Å². The lowest BCUT2D eigenvalue weighted by atomic mass is 10.1. The lowest BCUT2D eigenvalue weighted by Gasteiger charge is -2.21. The first-order valence-corrected chi connectivity index (χ1v) is 9.85. The molecule has 4 heterocycles. The summed E-state index contributed by atoms with van der Waals surface area (Å²) in [5.74, 6) is 0.230. The van der Waals surface area contributed by atoms with Crippen molar-refractivity contribution >= 4 is 22.6 Å². The van der Waals surface area contributed by atoms with Crippen LogP contribution >= 0.6 is 0 Å². The van der Waals surface area contributed by atoms with Gasteiger partial charge in [-0.25, -0.2) is 9.78 Å². The van der Waals surface area contributed by atoms with E-state index in [1.807, 2.05) is 35.4 Å². The second kappa shape index (κ2) is 7.89. The Morgan fingerprint density at radius 2 is 1.87 bits per heavy atom. The van der Waals surface area contributed by atoms with Gasteiger partial charge in [-0.1, -0.05) is 12.1 Å². The van der Waals surface area contributed by atoms with Gasteiger partial charge in [0.2, 0.25) is 0 Å². The first-order chi connectivity index (χ1) is 14.7. The van der Waals surface area contributed by atoms with Crippen LogP contribution in [0.2, 0.25) is 0 Å². The van der Waals surface area contributed by atoms with E-state index in [0.29, 0.717) is 32.1 Å². The van der Waals surface area contributed by atoms with E-state index >= 15 is 0 Å². The van der Waals surface area contributed by atoms with Crippen LogP contribution in [-0.2, 0) is 9.47 Å². The van der Waals surface area contributed by atoms with Crippen LogP contribution in [0.4, 0.5) is 5.82 Å². The molecule has 5 rings (SSSR count). The number of hydrogen-bond donors (Lipinski definition) is 1. The predicted molar refractivity (Wildman–Crippen MR) is 109 cm³/mol. The minimum atomic E-state index is -0.995. The van der Waals surface area contributed by atoms with Crippen LogP contribution in [0.15, 0.2) is 55.0 Å². The van der Waals surface area contributed by atoms with E-state index in [2.05, 4.69) is 9.97 Å². The lowest BCUT2D eigenvalue weighted by molar-refractivity contribution is -0.00461. The Labute approximate surface area is 173 Å². The Kier molecular flexibility index (Phi) is 4.94. The molecular weight excluding hydrogens is 386 g/mol. The quantitative estimate of drug-likeness (QED) is 0.705. The molecule has 0 radical (unpaired) electrons. The number of aromatic carboxylic acids is 1. The molecule has 154 valence electrons. The minimum Gasteiger partial charge on any atom is -0.485 e. The van der Waals surface area contributed by atoms with Gasteiger partial charge in [-0.3, -0.25) is 4.98 Å². The smallest absolute Gasteiger partial charge is 0.339 e. The van der Waals surface area contributed by atoms with Crippen LogP contribution in [-0.4, -0.2) is 65.7 Å². The second-order valence-electron chi connectivity index (χ2n) is 7.42. The highest BCUT2D eigenvalue weighted by molar-refractivity contribution is 5.93. The fourth-order valence-electron chi connectivity index (χ4n) is 4.01. The number of ether oxygens (including phenoxy) is 3. The number of anilines is 1. The topological polar surface area (TPSA) is 94.0 Å². The highest BCUT2D eigenvalue weighted by atomic mass is 16.6. The molecule has 8 heteroatoms. The fraction of sp³-hybridized carbons (Fsp3) is 0.318. The van der Waals surface area contributed by atoms with Crippen molar-refractivity contribution in [2.75, 3.05) is 31.2 Å².